The summed E-state index contributed by atoms with van der Waals surface area (Å²) >= 11 is 1.10. The number of rotatable bonds is 9. The molecule has 0 atom stereocenters. The van der Waals surface area contributed by atoms with Gasteiger partial charge in [0.25, 0.3) is 11.5 Å². The Hall–Kier alpha value is -3.80. The van der Waals surface area contributed by atoms with Gasteiger partial charge in [-0.15, -0.1) is 0 Å². The number of carbonyl (C=O) groups excluding carboxylic acids is 1. The molecule has 2 aliphatic rings. The summed E-state index contributed by atoms with van der Waals surface area (Å²) in [7, 11) is 0. The second-order valence-electron chi connectivity index (χ2n) is 11.8. The molecule has 0 spiro atoms. The minimum Gasteiger partial charge on any atom is -0.457 e. The highest BCUT2D eigenvalue weighted by Gasteiger charge is 2.28. The molecule has 3 heterocycles. The highest BCUT2D eigenvalue weighted by atomic mass is 32.2. The molecule has 2 saturated heterocycles. The van der Waals surface area contributed by atoms with E-state index in [4.69, 9.17) is 20.3 Å². The molecule has 2 aliphatic heterocycles. The Morgan fingerprint density at radius 3 is 2.47 bits per heavy atom. The zero-order valence-electron chi connectivity index (χ0n) is 25.7. The molecule has 11 heteroatoms. The average molecular weight is 634 g/mol. The van der Waals surface area contributed by atoms with Gasteiger partial charge in [-0.05, 0) is 68.1 Å². The van der Waals surface area contributed by atoms with E-state index in [1.165, 1.54) is 18.3 Å². The van der Waals surface area contributed by atoms with Crippen LogP contribution in [0.15, 0.2) is 59.5 Å². The molecule has 238 valence electrons. The van der Waals surface area contributed by atoms with Crippen molar-refractivity contribution < 1.29 is 18.7 Å². The van der Waals surface area contributed by atoms with Crippen LogP contribution >= 0.6 is 11.8 Å². The maximum Gasteiger partial charge on any atom is 0.254 e. The summed E-state index contributed by atoms with van der Waals surface area (Å²) in [5.41, 5.74) is 1.08. The van der Waals surface area contributed by atoms with E-state index in [9.17, 15) is 9.59 Å². The van der Waals surface area contributed by atoms with Crippen LogP contribution in [-0.4, -0.2) is 64.3 Å². The van der Waals surface area contributed by atoms with Gasteiger partial charge in [0, 0.05) is 73.6 Å². The molecule has 0 bridgehead atoms. The highest BCUT2D eigenvalue weighted by Crippen LogP contribution is 2.31. The third-order valence-electron chi connectivity index (χ3n) is 8.33. The number of benzene rings is 2. The number of aromatic amines is 1. The molecule has 1 aromatic heterocycles. The van der Waals surface area contributed by atoms with Gasteiger partial charge >= 0.3 is 0 Å². The molecule has 45 heavy (non-hydrogen) atoms. The summed E-state index contributed by atoms with van der Waals surface area (Å²) in [4.78, 5) is 30.9. The molecule has 0 saturated carbocycles. The van der Waals surface area contributed by atoms with Crippen molar-refractivity contribution in [1.82, 2.24) is 15.2 Å². The van der Waals surface area contributed by atoms with E-state index in [0.29, 0.717) is 33.5 Å². The number of thioether (sulfide) groups is 1. The van der Waals surface area contributed by atoms with Gasteiger partial charge in [-0.2, -0.15) is 0 Å². The van der Waals surface area contributed by atoms with Gasteiger partial charge in [-0.25, -0.2) is 4.39 Å². The van der Waals surface area contributed by atoms with Crippen LogP contribution in [-0.2, 0) is 11.2 Å². The van der Waals surface area contributed by atoms with Gasteiger partial charge in [0.05, 0.1) is 10.6 Å². The van der Waals surface area contributed by atoms with Crippen LogP contribution in [0.2, 0.25) is 0 Å². The summed E-state index contributed by atoms with van der Waals surface area (Å²) in [6, 6.07) is 13.3. The summed E-state index contributed by atoms with van der Waals surface area (Å²) in [5.74, 6) is -0.465. The van der Waals surface area contributed by atoms with Crippen molar-refractivity contribution in [2.75, 3.05) is 26.3 Å². The zero-order valence-corrected chi connectivity index (χ0v) is 26.5. The van der Waals surface area contributed by atoms with Crippen molar-refractivity contribution in [1.29, 1.82) is 10.8 Å². The number of hydrogen-bond donors (Lipinski definition) is 4. The van der Waals surface area contributed by atoms with Gasteiger partial charge < -0.3 is 24.7 Å². The Morgan fingerprint density at radius 2 is 1.80 bits per heavy atom. The number of ether oxygens (including phenoxy) is 2. The maximum absolute atomic E-state index is 15.5. The Bertz CT molecular complexity index is 1580. The van der Waals surface area contributed by atoms with E-state index in [2.05, 4.69) is 15.2 Å². The Morgan fingerprint density at radius 1 is 1.09 bits per heavy atom. The quantitative estimate of drug-likeness (QED) is 0.170. The Labute approximate surface area is 266 Å². The van der Waals surface area contributed by atoms with E-state index in [1.54, 1.807) is 36.4 Å². The van der Waals surface area contributed by atoms with E-state index in [1.807, 2.05) is 13.8 Å². The third kappa shape index (κ3) is 8.47. The molecule has 0 unspecified atom stereocenters. The lowest BCUT2D eigenvalue weighted by atomic mass is 9.99. The zero-order chi connectivity index (χ0) is 31.9. The molecule has 0 radical (unpaired) electrons. The van der Waals surface area contributed by atoms with Crippen LogP contribution < -0.4 is 15.6 Å². The largest absolute Gasteiger partial charge is 0.457 e. The first kappa shape index (κ1) is 32.6. The normalized spacial score (nSPS) is 16.4. The number of pyridine rings is 1. The van der Waals surface area contributed by atoms with Gasteiger partial charge in [0.1, 0.15) is 22.4 Å². The van der Waals surface area contributed by atoms with Crippen molar-refractivity contribution in [3.05, 3.63) is 93.2 Å². The minimum atomic E-state index is -0.685. The number of aromatic nitrogens is 1. The molecule has 5 rings (SSSR count). The van der Waals surface area contributed by atoms with Crippen molar-refractivity contribution >= 4 is 27.8 Å². The number of nitrogens with one attached hydrogen (secondary N) is 4. The van der Waals surface area contributed by atoms with Crippen LogP contribution in [0.1, 0.15) is 66.6 Å². The molecule has 2 aromatic carbocycles. The number of piperidine rings is 1. The predicted molar refractivity (Wildman–Crippen MR) is 176 cm³/mol. The molecular weight excluding hydrogens is 593 g/mol. The summed E-state index contributed by atoms with van der Waals surface area (Å²) in [6.07, 6.45) is 5.27. The van der Waals surface area contributed by atoms with E-state index in [-0.39, 0.29) is 40.3 Å². The van der Waals surface area contributed by atoms with E-state index >= 15 is 4.39 Å². The van der Waals surface area contributed by atoms with Crippen LogP contribution in [0, 0.1) is 22.6 Å². The molecule has 1 amide bonds. The van der Waals surface area contributed by atoms with Crippen LogP contribution in [0.25, 0.3) is 0 Å². The van der Waals surface area contributed by atoms with Gasteiger partial charge in [-0.1, -0.05) is 31.7 Å². The highest BCUT2D eigenvalue weighted by molar-refractivity contribution is 8.26. The number of nitrogens with zero attached hydrogens (tertiary/aromatic N) is 1. The fraction of sp³-hybridized carbons (Fsp3) is 0.412. The molecular formula is C34H40FN5O4S. The van der Waals surface area contributed by atoms with Crippen molar-refractivity contribution in [2.24, 2.45) is 5.92 Å². The molecule has 2 fully saturated rings. The Kier molecular flexibility index (Phi) is 10.9. The second-order valence-corrected chi connectivity index (χ2v) is 12.9. The summed E-state index contributed by atoms with van der Waals surface area (Å²) in [6.45, 7) is 7.15. The number of carbonyl (C=O) groups is 1. The fourth-order valence-electron chi connectivity index (χ4n) is 5.61. The molecule has 3 aromatic rings. The Balaban J connectivity index is 1.33. The SMILES string of the molecule is CC(C)C(=N)SC(=N)c1ccc(Oc2cc(C(=O)NC3CCN(C4CCOCC4)CC3)c(F)cc2Cc2ccc[nH]c2=O)cc1. The topological polar surface area (TPSA) is 131 Å². The average Bonchev–Trinajstić information content (AvgIpc) is 3.04. The van der Waals surface area contributed by atoms with Gasteiger partial charge in [0.15, 0.2) is 0 Å². The first-order chi connectivity index (χ1) is 21.7. The van der Waals surface area contributed by atoms with Crippen LogP contribution in [0.3, 0.4) is 0 Å². The molecule has 9 nitrogen and oxygen atoms in total. The lowest BCUT2D eigenvalue weighted by Gasteiger charge is -2.39. The first-order valence-electron chi connectivity index (χ1n) is 15.4. The first-order valence-corrected chi connectivity index (χ1v) is 16.2. The van der Waals surface area contributed by atoms with Crippen molar-refractivity contribution in [2.45, 2.75) is 58.0 Å². The smallest absolute Gasteiger partial charge is 0.254 e. The molecule has 0 aliphatic carbocycles. The predicted octanol–water partition coefficient (Wildman–Crippen LogP) is 5.96. The van der Waals surface area contributed by atoms with Gasteiger partial charge in [0.2, 0.25) is 0 Å². The third-order valence-corrected chi connectivity index (χ3v) is 9.46. The standard InChI is InChI=1S/C34H40FN5O4S/c1-21(2)31(36)45-32(37)22-5-7-27(8-6-22)44-30-20-28(29(35)19-24(30)18-23-4-3-13-38-33(23)41)34(42)39-25-9-14-40(15-10-25)26-11-16-43-17-12-26/h3-8,13,19-21,25-26,36-37H,9-12,14-18H2,1-2H3,(H,38,41)(H,39,42). The lowest BCUT2D eigenvalue weighted by Crippen LogP contribution is -2.49. The van der Waals surface area contributed by atoms with Gasteiger partial charge in [-0.3, -0.25) is 20.4 Å². The fourth-order valence-corrected chi connectivity index (χ4v) is 6.32. The number of H-pyrrole nitrogens is 1. The summed E-state index contributed by atoms with van der Waals surface area (Å²) in [5, 5.41) is 20.1. The van der Waals surface area contributed by atoms with Crippen molar-refractivity contribution in [3.8, 4) is 11.5 Å². The lowest BCUT2D eigenvalue weighted by molar-refractivity contribution is 0.0238. The number of hydrogen-bond acceptors (Lipinski definition) is 8. The van der Waals surface area contributed by atoms with E-state index in [0.717, 1.165) is 63.7 Å². The van der Waals surface area contributed by atoms with Crippen LogP contribution in [0.5, 0.6) is 11.5 Å². The number of likely N-dealkylation sites (tertiary alicyclic amines) is 1. The minimum absolute atomic E-state index is 0.0306. The number of halogens is 1. The second kappa shape index (κ2) is 15.0. The van der Waals surface area contributed by atoms with Crippen LogP contribution in [0.4, 0.5) is 4.39 Å². The maximum atomic E-state index is 15.5. The molecule has 4 N–H and O–H groups in total. The summed E-state index contributed by atoms with van der Waals surface area (Å²) < 4.78 is 27.2. The number of amides is 1. The van der Waals surface area contributed by atoms with Crippen molar-refractivity contribution in [3.63, 3.8) is 0 Å². The monoisotopic (exact) mass is 633 g/mol. The van der Waals surface area contributed by atoms with E-state index < -0.39 is 11.7 Å².